The molecule has 6 rings (SSSR count). The first-order chi connectivity index (χ1) is 19.5. The van der Waals surface area contributed by atoms with Crippen molar-refractivity contribution < 1.29 is 19.4 Å². The topological polar surface area (TPSA) is 87.7 Å². The molecule has 8 heteroatoms. The lowest BCUT2D eigenvalue weighted by Crippen LogP contribution is -2.29. The predicted molar refractivity (Wildman–Crippen MR) is 153 cm³/mol. The first-order valence-electron chi connectivity index (χ1n) is 12.8. The van der Waals surface area contributed by atoms with Gasteiger partial charge in [0.15, 0.2) is 0 Å². The van der Waals surface area contributed by atoms with Crippen LogP contribution in [-0.2, 0) is 13.2 Å². The van der Waals surface area contributed by atoms with E-state index in [9.17, 15) is 9.90 Å². The molecule has 1 unspecified atom stereocenters. The van der Waals surface area contributed by atoms with E-state index in [4.69, 9.17) is 21.1 Å². The van der Waals surface area contributed by atoms with Gasteiger partial charge in [-0.1, -0.05) is 66.2 Å². The molecular weight excluding hydrogens is 526 g/mol. The van der Waals surface area contributed by atoms with Gasteiger partial charge in [0.1, 0.15) is 35.2 Å². The van der Waals surface area contributed by atoms with Crippen LogP contribution in [0.3, 0.4) is 0 Å². The molecule has 1 aromatic heterocycles. The van der Waals surface area contributed by atoms with Crippen molar-refractivity contribution in [1.82, 2.24) is 15.1 Å². The number of carbonyl (C=O) groups is 1. The summed E-state index contributed by atoms with van der Waals surface area (Å²) in [4.78, 5) is 15.6. The van der Waals surface area contributed by atoms with Gasteiger partial charge in [-0.3, -0.25) is 9.89 Å². The van der Waals surface area contributed by atoms with E-state index in [1.54, 1.807) is 24.1 Å². The number of methoxy groups -OCH3 is 1. The normalized spacial score (nSPS) is 14.3. The molecule has 1 aliphatic heterocycles. The Balaban J connectivity index is 1.42. The van der Waals surface area contributed by atoms with Gasteiger partial charge in [0.05, 0.1) is 13.2 Å². The summed E-state index contributed by atoms with van der Waals surface area (Å²) in [5, 5.41) is 18.5. The number of H-pyrrole nitrogens is 1. The Labute approximate surface area is 236 Å². The van der Waals surface area contributed by atoms with Gasteiger partial charge in [0.25, 0.3) is 5.91 Å². The Morgan fingerprint density at radius 2 is 1.73 bits per heavy atom. The number of phenolic OH excluding ortho intramolecular Hbond substituents is 1. The number of phenols is 1. The summed E-state index contributed by atoms with van der Waals surface area (Å²) in [6, 6.07) is 29.6. The summed E-state index contributed by atoms with van der Waals surface area (Å²) in [6.07, 6.45) is 0. The third-order valence-electron chi connectivity index (χ3n) is 7.01. The molecule has 200 valence electrons. The van der Waals surface area contributed by atoms with Crippen molar-refractivity contribution in [2.75, 3.05) is 7.11 Å². The number of aromatic amines is 1. The molecule has 0 bridgehead atoms. The van der Waals surface area contributed by atoms with E-state index in [0.717, 1.165) is 22.4 Å². The van der Waals surface area contributed by atoms with Crippen LogP contribution in [0.15, 0.2) is 97.1 Å². The molecule has 4 aromatic carbocycles. The van der Waals surface area contributed by atoms with E-state index in [-0.39, 0.29) is 11.7 Å². The molecule has 0 saturated carbocycles. The molecule has 1 amide bonds. The number of aromatic hydroxyl groups is 1. The van der Waals surface area contributed by atoms with Crippen LogP contribution in [0.4, 0.5) is 0 Å². The standard InChI is InChI=1S/C32H26ClN3O4/c1-39-24-13-10-20(11-14-24)18-36-31(22-8-5-9-25(16-22)40-19-21-6-3-2-4-7-21)28-29(34-35-30(28)32(36)38)26-17-23(33)12-15-27(26)37/h2-17,31,37H,18-19H2,1H3,(H,34,35). The number of rotatable bonds is 8. The van der Waals surface area contributed by atoms with E-state index in [2.05, 4.69) is 10.2 Å². The zero-order chi connectivity index (χ0) is 27.6. The Bertz CT molecular complexity index is 1670. The van der Waals surface area contributed by atoms with E-state index >= 15 is 0 Å². The van der Waals surface area contributed by atoms with Crippen molar-refractivity contribution in [1.29, 1.82) is 0 Å². The number of hydrogen-bond donors (Lipinski definition) is 2. The largest absolute Gasteiger partial charge is 0.507 e. The van der Waals surface area contributed by atoms with E-state index in [1.807, 2.05) is 78.9 Å². The van der Waals surface area contributed by atoms with Crippen LogP contribution in [0.5, 0.6) is 17.2 Å². The highest BCUT2D eigenvalue weighted by Gasteiger charge is 2.42. The Hall–Kier alpha value is -4.75. The summed E-state index contributed by atoms with van der Waals surface area (Å²) in [6.45, 7) is 0.772. The van der Waals surface area contributed by atoms with Gasteiger partial charge < -0.3 is 19.5 Å². The van der Waals surface area contributed by atoms with E-state index in [0.29, 0.717) is 46.4 Å². The van der Waals surface area contributed by atoms with Crippen LogP contribution in [0.25, 0.3) is 11.3 Å². The summed E-state index contributed by atoms with van der Waals surface area (Å²) >= 11 is 6.28. The maximum Gasteiger partial charge on any atom is 0.273 e. The van der Waals surface area contributed by atoms with Crippen LogP contribution >= 0.6 is 11.6 Å². The first kappa shape index (κ1) is 25.5. The lowest BCUT2D eigenvalue weighted by atomic mass is 9.95. The average molecular weight is 552 g/mol. The van der Waals surface area contributed by atoms with E-state index in [1.165, 1.54) is 6.07 Å². The summed E-state index contributed by atoms with van der Waals surface area (Å²) < 4.78 is 11.4. The van der Waals surface area contributed by atoms with Crippen molar-refractivity contribution in [2.45, 2.75) is 19.2 Å². The highest BCUT2D eigenvalue weighted by atomic mass is 35.5. The number of nitrogens with zero attached hydrogens (tertiary/aromatic N) is 2. The SMILES string of the molecule is COc1ccc(CN2C(=O)c3[nH]nc(-c4cc(Cl)ccc4O)c3C2c2cccc(OCc3ccccc3)c2)cc1. The number of fused-ring (bicyclic) bond motifs is 1. The molecule has 2 heterocycles. The number of benzene rings is 4. The number of carbonyl (C=O) groups excluding carboxylic acids is 1. The lowest BCUT2D eigenvalue weighted by Gasteiger charge is -2.27. The van der Waals surface area contributed by atoms with Crippen molar-refractivity contribution in [2.24, 2.45) is 0 Å². The summed E-state index contributed by atoms with van der Waals surface area (Å²) in [5.41, 5.74) is 4.84. The monoisotopic (exact) mass is 551 g/mol. The van der Waals surface area contributed by atoms with Gasteiger partial charge in [0.2, 0.25) is 0 Å². The molecule has 5 aromatic rings. The minimum Gasteiger partial charge on any atom is -0.507 e. The minimum atomic E-state index is -0.489. The lowest BCUT2D eigenvalue weighted by molar-refractivity contribution is 0.0730. The maximum absolute atomic E-state index is 13.8. The fraction of sp³-hybridized carbons (Fsp3) is 0.125. The molecular formula is C32H26ClN3O4. The van der Waals surface area contributed by atoms with Crippen molar-refractivity contribution in [3.05, 3.63) is 130 Å². The second-order valence-electron chi connectivity index (χ2n) is 9.55. The molecule has 1 atom stereocenters. The highest BCUT2D eigenvalue weighted by Crippen LogP contribution is 2.46. The number of halogens is 1. The maximum atomic E-state index is 13.8. The quantitative estimate of drug-likeness (QED) is 0.222. The van der Waals surface area contributed by atoms with Gasteiger partial charge in [-0.15, -0.1) is 0 Å². The van der Waals surface area contributed by atoms with Crippen LogP contribution in [0.2, 0.25) is 5.02 Å². The van der Waals surface area contributed by atoms with Crippen LogP contribution < -0.4 is 9.47 Å². The molecule has 1 aliphatic rings. The summed E-state index contributed by atoms with van der Waals surface area (Å²) in [5.74, 6) is 1.26. The fourth-order valence-corrected chi connectivity index (χ4v) is 5.22. The average Bonchev–Trinajstić information content (AvgIpc) is 3.53. The zero-order valence-corrected chi connectivity index (χ0v) is 22.4. The Kier molecular flexibility index (Phi) is 6.88. The third kappa shape index (κ3) is 4.87. The molecule has 0 saturated heterocycles. The second-order valence-corrected chi connectivity index (χ2v) is 9.99. The molecule has 7 nitrogen and oxygen atoms in total. The number of amides is 1. The molecule has 0 radical (unpaired) electrons. The minimum absolute atomic E-state index is 0.0263. The Morgan fingerprint density at radius 1 is 0.925 bits per heavy atom. The fourth-order valence-electron chi connectivity index (χ4n) is 5.05. The first-order valence-corrected chi connectivity index (χ1v) is 13.2. The van der Waals surface area contributed by atoms with Crippen molar-refractivity contribution in [3.8, 4) is 28.5 Å². The predicted octanol–water partition coefficient (Wildman–Crippen LogP) is 6.77. The molecule has 0 aliphatic carbocycles. The van der Waals surface area contributed by atoms with Gasteiger partial charge in [-0.25, -0.2) is 0 Å². The molecule has 2 N–H and O–H groups in total. The van der Waals surface area contributed by atoms with Gasteiger partial charge in [0, 0.05) is 22.7 Å². The van der Waals surface area contributed by atoms with Crippen molar-refractivity contribution in [3.63, 3.8) is 0 Å². The molecule has 40 heavy (non-hydrogen) atoms. The van der Waals surface area contributed by atoms with Crippen LogP contribution in [-0.4, -0.2) is 33.2 Å². The zero-order valence-electron chi connectivity index (χ0n) is 21.7. The van der Waals surface area contributed by atoms with Gasteiger partial charge in [-0.2, -0.15) is 5.10 Å². The summed E-state index contributed by atoms with van der Waals surface area (Å²) in [7, 11) is 1.62. The number of nitrogens with one attached hydrogen (secondary N) is 1. The number of hydrogen-bond acceptors (Lipinski definition) is 5. The van der Waals surface area contributed by atoms with Crippen LogP contribution in [0, 0.1) is 0 Å². The number of aromatic nitrogens is 2. The van der Waals surface area contributed by atoms with Crippen molar-refractivity contribution >= 4 is 17.5 Å². The Morgan fingerprint density at radius 3 is 2.50 bits per heavy atom. The van der Waals surface area contributed by atoms with Crippen LogP contribution in [0.1, 0.15) is 38.8 Å². The van der Waals surface area contributed by atoms with Gasteiger partial charge >= 0.3 is 0 Å². The smallest absolute Gasteiger partial charge is 0.273 e. The molecule has 0 spiro atoms. The molecule has 0 fully saturated rings. The van der Waals surface area contributed by atoms with Gasteiger partial charge in [-0.05, 0) is 59.2 Å². The van der Waals surface area contributed by atoms with E-state index < -0.39 is 6.04 Å². The highest BCUT2D eigenvalue weighted by molar-refractivity contribution is 6.31. The third-order valence-corrected chi connectivity index (χ3v) is 7.25. The number of ether oxygens (including phenoxy) is 2. The second kappa shape index (κ2) is 10.8.